The number of nitrogens with zero attached hydrogens (tertiary/aromatic N) is 2. The summed E-state index contributed by atoms with van der Waals surface area (Å²) in [5.74, 6) is -0.0488. The van der Waals surface area contributed by atoms with Gasteiger partial charge in [-0.1, -0.05) is 23.2 Å². The van der Waals surface area contributed by atoms with Gasteiger partial charge >= 0.3 is 0 Å². The Labute approximate surface area is 151 Å². The summed E-state index contributed by atoms with van der Waals surface area (Å²) in [5.41, 5.74) is 0.450. The molecule has 22 heavy (non-hydrogen) atoms. The van der Waals surface area contributed by atoms with Crippen LogP contribution in [0.25, 0.3) is 0 Å². The fraction of sp³-hybridized carbons (Fsp3) is 0.357. The van der Waals surface area contributed by atoms with Gasteiger partial charge in [0.25, 0.3) is 5.91 Å². The maximum absolute atomic E-state index is 12.4. The molecule has 3 heterocycles. The van der Waals surface area contributed by atoms with E-state index in [4.69, 9.17) is 23.2 Å². The van der Waals surface area contributed by atoms with E-state index >= 15 is 0 Å². The highest BCUT2D eigenvalue weighted by Gasteiger charge is 2.24. The summed E-state index contributed by atoms with van der Waals surface area (Å²) in [5, 5.41) is 0.693. The first-order valence-corrected chi connectivity index (χ1v) is 9.19. The Morgan fingerprint density at radius 1 is 1.27 bits per heavy atom. The minimum absolute atomic E-state index is 0.0488. The number of nitrogens with one attached hydrogen (secondary N) is 1. The van der Waals surface area contributed by atoms with Crippen LogP contribution in [0.4, 0.5) is 0 Å². The van der Waals surface area contributed by atoms with Crippen LogP contribution in [0.1, 0.15) is 15.4 Å². The van der Waals surface area contributed by atoms with Crippen LogP contribution < -0.4 is 0 Å². The zero-order valence-corrected chi connectivity index (χ0v) is 15.5. The molecule has 0 bridgehead atoms. The first kappa shape index (κ1) is 16.3. The number of hydrogen-bond acceptors (Lipinski definition) is 3. The molecule has 0 aliphatic carbocycles. The SMILES string of the molecule is O=C(c1cc(Cl)c(Cl)[nH]1)N1CCN(Cc2ccc(Br)s2)CC1. The summed E-state index contributed by atoms with van der Waals surface area (Å²) >= 11 is 17.0. The number of halogens is 3. The third kappa shape index (κ3) is 3.68. The summed E-state index contributed by atoms with van der Waals surface area (Å²) in [7, 11) is 0. The third-order valence-corrected chi connectivity index (χ3v) is 5.92. The largest absolute Gasteiger partial charge is 0.340 e. The number of aromatic nitrogens is 1. The van der Waals surface area contributed by atoms with E-state index in [-0.39, 0.29) is 5.91 Å². The molecule has 0 unspecified atom stereocenters. The zero-order chi connectivity index (χ0) is 15.7. The number of aromatic amines is 1. The first-order chi connectivity index (χ1) is 10.5. The van der Waals surface area contributed by atoms with Crippen molar-refractivity contribution >= 4 is 56.4 Å². The minimum Gasteiger partial charge on any atom is -0.340 e. The van der Waals surface area contributed by atoms with Crippen LogP contribution in [0, 0.1) is 0 Å². The Hall–Kier alpha value is -0.530. The monoisotopic (exact) mass is 421 g/mol. The molecule has 1 fully saturated rings. The second kappa shape index (κ2) is 6.93. The van der Waals surface area contributed by atoms with E-state index < -0.39 is 0 Å². The lowest BCUT2D eigenvalue weighted by Gasteiger charge is -2.34. The van der Waals surface area contributed by atoms with E-state index in [0.717, 1.165) is 23.4 Å². The topological polar surface area (TPSA) is 39.3 Å². The van der Waals surface area contributed by atoms with E-state index in [9.17, 15) is 4.79 Å². The number of thiophene rings is 1. The number of rotatable bonds is 3. The summed E-state index contributed by atoms with van der Waals surface area (Å²) in [6, 6.07) is 5.79. The fourth-order valence-corrected chi connectivity index (χ4v) is 4.29. The highest BCUT2D eigenvalue weighted by molar-refractivity contribution is 9.11. The van der Waals surface area contributed by atoms with Crippen LogP contribution in [0.3, 0.4) is 0 Å². The van der Waals surface area contributed by atoms with Crippen molar-refractivity contribution in [2.24, 2.45) is 0 Å². The Morgan fingerprint density at radius 2 is 2.00 bits per heavy atom. The fourth-order valence-electron chi connectivity index (χ4n) is 2.46. The van der Waals surface area contributed by atoms with Crippen molar-refractivity contribution < 1.29 is 4.79 Å². The van der Waals surface area contributed by atoms with Gasteiger partial charge in [0.2, 0.25) is 0 Å². The molecule has 1 saturated heterocycles. The number of amides is 1. The lowest BCUT2D eigenvalue weighted by Crippen LogP contribution is -2.48. The van der Waals surface area contributed by atoms with Gasteiger partial charge in [0.1, 0.15) is 10.8 Å². The van der Waals surface area contributed by atoms with Gasteiger partial charge in [-0.05, 0) is 34.1 Å². The van der Waals surface area contributed by atoms with Gasteiger partial charge in [-0.15, -0.1) is 11.3 Å². The van der Waals surface area contributed by atoms with Crippen molar-refractivity contribution in [2.45, 2.75) is 6.54 Å². The van der Waals surface area contributed by atoms with Crippen LogP contribution in [0.15, 0.2) is 22.0 Å². The molecule has 8 heteroatoms. The van der Waals surface area contributed by atoms with E-state index in [0.29, 0.717) is 29.0 Å². The van der Waals surface area contributed by atoms with Crippen LogP contribution >= 0.6 is 50.5 Å². The molecule has 0 spiro atoms. The molecule has 118 valence electrons. The predicted molar refractivity (Wildman–Crippen MR) is 94.0 cm³/mol. The molecule has 0 atom stereocenters. The molecule has 0 aromatic carbocycles. The average molecular weight is 423 g/mol. The van der Waals surface area contributed by atoms with E-state index in [2.05, 4.69) is 37.9 Å². The lowest BCUT2D eigenvalue weighted by atomic mass is 10.2. The third-order valence-electron chi connectivity index (χ3n) is 3.62. The van der Waals surface area contributed by atoms with Crippen LogP contribution in [-0.2, 0) is 6.54 Å². The summed E-state index contributed by atoms with van der Waals surface area (Å²) < 4.78 is 1.15. The molecular weight excluding hydrogens is 409 g/mol. The highest BCUT2D eigenvalue weighted by Crippen LogP contribution is 2.25. The average Bonchev–Trinajstić information content (AvgIpc) is 3.05. The minimum atomic E-state index is -0.0488. The van der Waals surface area contributed by atoms with Gasteiger partial charge < -0.3 is 9.88 Å². The molecule has 1 aliphatic rings. The van der Waals surface area contributed by atoms with E-state index in [1.54, 1.807) is 17.4 Å². The lowest BCUT2D eigenvalue weighted by molar-refractivity contribution is 0.0624. The summed E-state index contributed by atoms with van der Waals surface area (Å²) in [6.07, 6.45) is 0. The highest BCUT2D eigenvalue weighted by atomic mass is 79.9. The van der Waals surface area contributed by atoms with Gasteiger partial charge in [0.05, 0.1) is 8.81 Å². The van der Waals surface area contributed by atoms with Gasteiger partial charge in [0, 0.05) is 37.6 Å². The van der Waals surface area contributed by atoms with E-state index in [1.807, 2.05) is 4.90 Å². The summed E-state index contributed by atoms with van der Waals surface area (Å²) in [6.45, 7) is 4.07. The molecule has 1 aliphatic heterocycles. The first-order valence-electron chi connectivity index (χ1n) is 6.83. The summed E-state index contributed by atoms with van der Waals surface area (Å²) in [4.78, 5) is 20.7. The molecule has 2 aromatic heterocycles. The zero-order valence-electron chi connectivity index (χ0n) is 11.6. The molecule has 0 radical (unpaired) electrons. The molecular formula is C14H14BrCl2N3OS. The number of hydrogen-bond donors (Lipinski definition) is 1. The van der Waals surface area contributed by atoms with Crippen molar-refractivity contribution in [1.82, 2.24) is 14.8 Å². The van der Waals surface area contributed by atoms with Crippen LogP contribution in [0.5, 0.6) is 0 Å². The van der Waals surface area contributed by atoms with Gasteiger partial charge in [0.15, 0.2) is 0 Å². The quantitative estimate of drug-likeness (QED) is 0.808. The number of piperazine rings is 1. The molecule has 4 nitrogen and oxygen atoms in total. The standard InChI is InChI=1S/C14H14BrCl2N3OS/c15-12-2-1-9(22-12)8-19-3-5-20(6-4-19)14(21)11-7-10(16)13(17)18-11/h1-2,7,18H,3-6,8H2. The number of carbonyl (C=O) groups excluding carboxylic acids is 1. The van der Waals surface area contributed by atoms with Crippen molar-refractivity contribution in [3.8, 4) is 0 Å². The van der Waals surface area contributed by atoms with Crippen molar-refractivity contribution in [2.75, 3.05) is 26.2 Å². The van der Waals surface area contributed by atoms with Crippen LogP contribution in [0.2, 0.25) is 10.2 Å². The van der Waals surface area contributed by atoms with Crippen molar-refractivity contribution in [3.05, 3.63) is 42.7 Å². The second-order valence-electron chi connectivity index (χ2n) is 5.12. The Balaban J connectivity index is 1.56. The molecule has 1 N–H and O–H groups in total. The normalized spacial score (nSPS) is 16.2. The molecule has 1 amide bonds. The Bertz CT molecular complexity index is 660. The smallest absolute Gasteiger partial charge is 0.270 e. The van der Waals surface area contributed by atoms with E-state index in [1.165, 1.54) is 4.88 Å². The van der Waals surface area contributed by atoms with Crippen molar-refractivity contribution in [1.29, 1.82) is 0 Å². The second-order valence-corrected chi connectivity index (χ2v) is 8.45. The Morgan fingerprint density at radius 3 is 2.55 bits per heavy atom. The molecule has 3 rings (SSSR count). The predicted octanol–water partition coefficient (Wildman–Crippen LogP) is 4.10. The van der Waals surface area contributed by atoms with Gasteiger partial charge in [-0.25, -0.2) is 0 Å². The maximum atomic E-state index is 12.4. The molecule has 2 aromatic rings. The van der Waals surface area contributed by atoms with Gasteiger partial charge in [-0.3, -0.25) is 9.69 Å². The number of H-pyrrole nitrogens is 1. The maximum Gasteiger partial charge on any atom is 0.270 e. The van der Waals surface area contributed by atoms with Crippen LogP contribution in [-0.4, -0.2) is 46.9 Å². The van der Waals surface area contributed by atoms with Gasteiger partial charge in [-0.2, -0.15) is 0 Å². The Kier molecular flexibility index (Phi) is 5.14. The number of carbonyl (C=O) groups is 1. The molecule has 0 saturated carbocycles. The van der Waals surface area contributed by atoms with Crippen molar-refractivity contribution in [3.63, 3.8) is 0 Å².